The van der Waals surface area contributed by atoms with Crippen LogP contribution in [0.5, 0.6) is 0 Å². The summed E-state index contributed by atoms with van der Waals surface area (Å²) in [7, 11) is 0. The lowest BCUT2D eigenvalue weighted by Gasteiger charge is -2.07. The Bertz CT molecular complexity index is 731. The van der Waals surface area contributed by atoms with Crippen LogP contribution in [0.3, 0.4) is 0 Å². The summed E-state index contributed by atoms with van der Waals surface area (Å²) in [5.74, 6) is 0. The molecule has 0 amide bonds. The van der Waals surface area contributed by atoms with Gasteiger partial charge in [0.1, 0.15) is 0 Å². The highest BCUT2D eigenvalue weighted by Crippen LogP contribution is 2.40. The van der Waals surface area contributed by atoms with Crippen LogP contribution in [-0.2, 0) is 12.8 Å². The van der Waals surface area contributed by atoms with Crippen LogP contribution in [0.1, 0.15) is 11.1 Å². The van der Waals surface area contributed by atoms with Gasteiger partial charge in [0.25, 0.3) is 11.4 Å². The van der Waals surface area contributed by atoms with Gasteiger partial charge in [-0.1, -0.05) is 23.9 Å². The average Bonchev–Trinajstić information content (AvgIpc) is 2.57. The van der Waals surface area contributed by atoms with Gasteiger partial charge in [0, 0.05) is 25.3 Å². The second-order valence-electron chi connectivity index (χ2n) is 5.17. The van der Waals surface area contributed by atoms with Gasteiger partial charge in [-0.3, -0.25) is 20.2 Å². The van der Waals surface area contributed by atoms with Gasteiger partial charge in [-0.25, -0.2) is 0 Å². The molecule has 0 unspecified atom stereocenters. The number of rotatable bonds is 8. The van der Waals surface area contributed by atoms with Gasteiger partial charge in [0.05, 0.1) is 19.6 Å². The van der Waals surface area contributed by atoms with Crippen LogP contribution in [-0.4, -0.2) is 33.3 Å². The highest BCUT2D eigenvalue weighted by atomic mass is 32.2. The molecule has 9 heteroatoms. The van der Waals surface area contributed by atoms with Crippen molar-refractivity contribution in [1.29, 1.82) is 0 Å². The molecule has 8 nitrogen and oxygen atoms in total. The van der Waals surface area contributed by atoms with Crippen LogP contribution in [0.2, 0.25) is 0 Å². The van der Waals surface area contributed by atoms with Crippen molar-refractivity contribution < 1.29 is 20.1 Å². The minimum absolute atomic E-state index is 0.124. The second kappa shape index (κ2) is 8.56. The van der Waals surface area contributed by atoms with Crippen LogP contribution in [0.25, 0.3) is 0 Å². The van der Waals surface area contributed by atoms with E-state index < -0.39 is 9.85 Å². The van der Waals surface area contributed by atoms with Crippen molar-refractivity contribution in [3.05, 3.63) is 67.8 Å². The molecule has 2 N–H and O–H groups in total. The molecule has 0 aromatic heterocycles. The summed E-state index contributed by atoms with van der Waals surface area (Å²) in [4.78, 5) is 22.1. The molecule has 2 aromatic carbocycles. The fourth-order valence-corrected chi connectivity index (χ4v) is 3.26. The molecule has 0 atom stereocenters. The van der Waals surface area contributed by atoms with Gasteiger partial charge in [-0.05, 0) is 36.1 Å². The number of nitro benzene ring substituents is 2. The summed E-state index contributed by atoms with van der Waals surface area (Å²) in [6.45, 7) is -0.247. The van der Waals surface area contributed by atoms with Gasteiger partial charge in [-0.2, -0.15) is 0 Å². The van der Waals surface area contributed by atoms with Gasteiger partial charge >= 0.3 is 0 Å². The molecule has 0 heterocycles. The molecule has 0 saturated carbocycles. The number of hydrogen-bond donors (Lipinski definition) is 2. The zero-order valence-electron chi connectivity index (χ0n) is 13.1. The summed E-state index contributed by atoms with van der Waals surface area (Å²) >= 11 is 0.943. The molecule has 0 radical (unpaired) electrons. The van der Waals surface area contributed by atoms with Crippen molar-refractivity contribution in [1.82, 2.24) is 0 Å². The first kappa shape index (κ1) is 18.8. The Morgan fingerprint density at radius 2 is 1.20 bits per heavy atom. The molecule has 0 fully saturated rings. The third-order valence-electron chi connectivity index (χ3n) is 3.46. The van der Waals surface area contributed by atoms with Crippen LogP contribution in [0.15, 0.2) is 46.2 Å². The molecule has 0 aliphatic carbocycles. The summed E-state index contributed by atoms with van der Waals surface area (Å²) in [5, 5.41) is 40.5. The number of benzene rings is 2. The Balaban J connectivity index is 2.41. The number of aliphatic hydroxyl groups is 2. The topological polar surface area (TPSA) is 127 Å². The normalized spacial score (nSPS) is 10.6. The maximum Gasteiger partial charge on any atom is 0.283 e. The maximum absolute atomic E-state index is 11.3. The molecule has 2 aromatic rings. The van der Waals surface area contributed by atoms with Gasteiger partial charge in [0.15, 0.2) is 0 Å². The van der Waals surface area contributed by atoms with Crippen molar-refractivity contribution >= 4 is 23.1 Å². The smallest absolute Gasteiger partial charge is 0.283 e. The Morgan fingerprint density at radius 1 is 0.800 bits per heavy atom. The predicted octanol–water partition coefficient (Wildman–Crippen LogP) is 2.72. The van der Waals surface area contributed by atoms with E-state index in [-0.39, 0.29) is 34.4 Å². The SMILES string of the molecule is O=[N+]([O-])c1cc(CCO)ccc1Sc1ccc(CCO)cc1[N+](=O)[O-]. The largest absolute Gasteiger partial charge is 0.396 e. The van der Waals surface area contributed by atoms with E-state index in [9.17, 15) is 20.2 Å². The monoisotopic (exact) mass is 364 g/mol. The highest BCUT2D eigenvalue weighted by Gasteiger charge is 2.21. The minimum atomic E-state index is -0.546. The van der Waals surface area contributed by atoms with Crippen LogP contribution < -0.4 is 0 Å². The van der Waals surface area contributed by atoms with Crippen molar-refractivity contribution in [3.63, 3.8) is 0 Å². The summed E-state index contributed by atoms with van der Waals surface area (Å²) < 4.78 is 0. The lowest BCUT2D eigenvalue weighted by atomic mass is 10.1. The Kier molecular flexibility index (Phi) is 6.45. The van der Waals surface area contributed by atoms with Crippen molar-refractivity contribution in [2.24, 2.45) is 0 Å². The predicted molar refractivity (Wildman–Crippen MR) is 91.9 cm³/mol. The lowest BCUT2D eigenvalue weighted by Crippen LogP contribution is -1.98. The van der Waals surface area contributed by atoms with Gasteiger partial charge < -0.3 is 10.2 Å². The van der Waals surface area contributed by atoms with E-state index in [1.165, 1.54) is 24.3 Å². The van der Waals surface area contributed by atoms with Crippen molar-refractivity contribution in [2.75, 3.05) is 13.2 Å². The van der Waals surface area contributed by atoms with E-state index in [2.05, 4.69) is 0 Å². The first-order valence-corrected chi connectivity index (χ1v) is 8.22. The van der Waals surface area contributed by atoms with Crippen molar-refractivity contribution in [3.8, 4) is 0 Å². The quantitative estimate of drug-likeness (QED) is 0.544. The molecule has 25 heavy (non-hydrogen) atoms. The molecule has 0 aliphatic heterocycles. The Morgan fingerprint density at radius 3 is 1.52 bits per heavy atom. The number of nitrogens with zero attached hydrogens (tertiary/aromatic N) is 2. The summed E-state index contributed by atoms with van der Waals surface area (Å²) in [5.41, 5.74) is 0.909. The van der Waals surface area contributed by atoms with E-state index in [4.69, 9.17) is 10.2 Å². The molecule has 0 bridgehead atoms. The molecule has 132 valence electrons. The first-order valence-electron chi connectivity index (χ1n) is 7.40. The Labute approximate surface area is 147 Å². The first-order chi connectivity index (χ1) is 12.0. The molecule has 0 aliphatic rings. The summed E-state index contributed by atoms with van der Waals surface area (Å²) in [6, 6.07) is 9.09. The third kappa shape index (κ3) is 4.75. The van der Waals surface area contributed by atoms with Gasteiger partial charge in [0.2, 0.25) is 0 Å². The van der Waals surface area contributed by atoms with E-state index in [1.54, 1.807) is 12.1 Å². The molecule has 0 spiro atoms. The van der Waals surface area contributed by atoms with E-state index in [0.717, 1.165) is 11.8 Å². The number of nitro groups is 2. The Hall–Kier alpha value is -2.49. The number of aliphatic hydroxyl groups excluding tert-OH is 2. The van der Waals surface area contributed by atoms with Crippen molar-refractivity contribution in [2.45, 2.75) is 22.6 Å². The fraction of sp³-hybridized carbons (Fsp3) is 0.250. The maximum atomic E-state index is 11.3. The average molecular weight is 364 g/mol. The van der Waals surface area contributed by atoms with Crippen LogP contribution >= 0.6 is 11.8 Å². The summed E-state index contributed by atoms with van der Waals surface area (Å²) in [6.07, 6.45) is 0.587. The second-order valence-corrected chi connectivity index (χ2v) is 6.25. The highest BCUT2D eigenvalue weighted by molar-refractivity contribution is 7.99. The zero-order chi connectivity index (χ0) is 18.4. The zero-order valence-corrected chi connectivity index (χ0v) is 13.9. The fourth-order valence-electron chi connectivity index (χ4n) is 2.27. The molecular weight excluding hydrogens is 348 g/mol. The van der Waals surface area contributed by atoms with E-state index in [0.29, 0.717) is 24.0 Å². The van der Waals surface area contributed by atoms with E-state index >= 15 is 0 Å². The molecule has 2 rings (SSSR count). The number of hydrogen-bond acceptors (Lipinski definition) is 7. The molecule has 0 saturated heterocycles. The third-order valence-corrected chi connectivity index (χ3v) is 4.59. The molecular formula is C16H16N2O6S. The minimum Gasteiger partial charge on any atom is -0.396 e. The van der Waals surface area contributed by atoms with Gasteiger partial charge in [-0.15, -0.1) is 0 Å². The lowest BCUT2D eigenvalue weighted by molar-refractivity contribution is -0.388. The van der Waals surface area contributed by atoms with Crippen LogP contribution in [0, 0.1) is 20.2 Å². The van der Waals surface area contributed by atoms with Crippen LogP contribution in [0.4, 0.5) is 11.4 Å². The standard InChI is InChI=1S/C16H16N2O6S/c19-7-5-11-1-3-15(13(9-11)17(21)22)25-16-4-2-12(6-8-20)10-14(16)18(23)24/h1-4,9-10,19-20H,5-8H2. The van der Waals surface area contributed by atoms with E-state index in [1.807, 2.05) is 0 Å².